The molecule has 0 radical (unpaired) electrons. The molecule has 0 saturated carbocycles. The first-order chi connectivity index (χ1) is 11.3. The van der Waals surface area contributed by atoms with Gasteiger partial charge in [0, 0.05) is 12.6 Å². The van der Waals surface area contributed by atoms with Crippen LogP contribution in [0, 0.1) is 20.8 Å². The number of esters is 1. The molecule has 0 aliphatic rings. The molecule has 2 rings (SSSR count). The Morgan fingerprint density at radius 3 is 2.38 bits per heavy atom. The second kappa shape index (κ2) is 7.29. The lowest BCUT2D eigenvalue weighted by molar-refractivity contribution is -0.119. The molecule has 128 valence electrons. The van der Waals surface area contributed by atoms with Crippen molar-refractivity contribution in [2.45, 2.75) is 40.7 Å². The van der Waals surface area contributed by atoms with Crippen LogP contribution in [0.5, 0.6) is 0 Å². The number of carbonyl (C=O) groups is 2. The molecule has 1 aromatic carbocycles. The Balaban J connectivity index is 2.15. The molecular weight excluding hydrogens is 306 g/mol. The Labute approximate surface area is 141 Å². The van der Waals surface area contributed by atoms with Crippen molar-refractivity contribution < 1.29 is 14.3 Å². The third-order valence-corrected chi connectivity index (χ3v) is 3.49. The van der Waals surface area contributed by atoms with E-state index in [0.29, 0.717) is 0 Å². The van der Waals surface area contributed by atoms with Crippen LogP contribution in [0.3, 0.4) is 0 Å². The Bertz CT molecular complexity index is 745. The van der Waals surface area contributed by atoms with Gasteiger partial charge in [0.25, 0.3) is 0 Å². The molecule has 0 bridgehead atoms. The van der Waals surface area contributed by atoms with Gasteiger partial charge in [0.05, 0.1) is 12.2 Å². The summed E-state index contributed by atoms with van der Waals surface area (Å²) in [7, 11) is 0. The zero-order valence-corrected chi connectivity index (χ0v) is 14.7. The average Bonchev–Trinajstić information content (AvgIpc) is 2.86. The highest BCUT2D eigenvalue weighted by atomic mass is 16.5. The van der Waals surface area contributed by atoms with Crippen molar-refractivity contribution in [3.8, 4) is 5.69 Å². The molecule has 2 aromatic rings. The minimum atomic E-state index is -0.501. The number of hydrogen-bond donors (Lipinski definition) is 1. The van der Waals surface area contributed by atoms with E-state index in [1.54, 1.807) is 17.7 Å². The molecule has 1 heterocycles. The highest BCUT2D eigenvalue weighted by Gasteiger charge is 2.17. The van der Waals surface area contributed by atoms with Crippen LogP contribution in [0.15, 0.2) is 24.3 Å². The number of benzene rings is 1. The van der Waals surface area contributed by atoms with Crippen LogP contribution in [-0.2, 0) is 9.53 Å². The van der Waals surface area contributed by atoms with E-state index in [1.165, 1.54) is 6.92 Å². The van der Waals surface area contributed by atoms with E-state index >= 15 is 0 Å². The first-order valence-corrected chi connectivity index (χ1v) is 7.87. The molecule has 0 aliphatic carbocycles. The Morgan fingerprint density at radius 1 is 1.17 bits per heavy atom. The number of nitrogens with one attached hydrogen (secondary N) is 1. The summed E-state index contributed by atoms with van der Waals surface area (Å²) in [4.78, 5) is 23.1. The third-order valence-electron chi connectivity index (χ3n) is 3.49. The maximum Gasteiger partial charge on any atom is 0.359 e. The van der Waals surface area contributed by atoms with Crippen molar-refractivity contribution >= 4 is 11.9 Å². The van der Waals surface area contributed by atoms with Crippen LogP contribution in [0.4, 0.5) is 0 Å². The van der Waals surface area contributed by atoms with Crippen LogP contribution in [-0.4, -0.2) is 34.3 Å². The minimum Gasteiger partial charge on any atom is -0.456 e. The monoisotopic (exact) mass is 329 g/mol. The third kappa shape index (κ3) is 4.44. The number of nitrogens with zero attached hydrogens (tertiary/aromatic N) is 2. The van der Waals surface area contributed by atoms with Crippen molar-refractivity contribution in [2.75, 3.05) is 6.54 Å². The van der Waals surface area contributed by atoms with E-state index in [1.807, 2.05) is 32.9 Å². The summed E-state index contributed by atoms with van der Waals surface area (Å²) in [6.45, 7) is 9.35. The van der Waals surface area contributed by atoms with Crippen LogP contribution < -0.4 is 5.32 Å². The van der Waals surface area contributed by atoms with Gasteiger partial charge in [-0.1, -0.05) is 6.07 Å². The quantitative estimate of drug-likeness (QED) is 0.855. The van der Waals surface area contributed by atoms with Gasteiger partial charge in [0.2, 0.25) is 5.91 Å². The van der Waals surface area contributed by atoms with Gasteiger partial charge in [0.15, 0.2) is 5.69 Å². The molecule has 0 unspecified atom stereocenters. The molecular formula is C18H23N3O3. The zero-order valence-electron chi connectivity index (χ0n) is 14.7. The zero-order chi connectivity index (χ0) is 17.9. The number of aryl methyl sites for hydroxylation is 3. The van der Waals surface area contributed by atoms with Gasteiger partial charge in [-0.15, -0.1) is 0 Å². The largest absolute Gasteiger partial charge is 0.456 e. The molecule has 6 nitrogen and oxygen atoms in total. The fourth-order valence-corrected chi connectivity index (χ4v) is 2.48. The number of amides is 1. The fraction of sp³-hybridized carbons (Fsp3) is 0.389. The molecule has 1 N–H and O–H groups in total. The fourth-order valence-electron chi connectivity index (χ4n) is 2.48. The first kappa shape index (κ1) is 17.7. The average molecular weight is 329 g/mol. The Kier molecular flexibility index (Phi) is 5.39. The predicted octanol–water partition coefficient (Wildman–Crippen LogP) is 2.48. The number of hydrogen-bond acceptors (Lipinski definition) is 4. The number of ether oxygens (including phenoxy) is 1. The lowest BCUT2D eigenvalue weighted by Gasteiger charge is -2.12. The van der Waals surface area contributed by atoms with E-state index in [9.17, 15) is 9.59 Å². The Hall–Kier alpha value is -2.63. The van der Waals surface area contributed by atoms with E-state index in [4.69, 9.17) is 4.74 Å². The van der Waals surface area contributed by atoms with Crippen LogP contribution in [0.25, 0.3) is 5.69 Å². The van der Waals surface area contributed by atoms with Crippen LogP contribution >= 0.6 is 0 Å². The summed E-state index contributed by atoms with van der Waals surface area (Å²) in [6, 6.07) is 7.81. The standard InChI is InChI=1S/C18H23N3O3/c1-11-6-12(2)8-16(7-11)21-13(3)9-17(20-21)18(23)24-14(4)10-19-15(5)22/h6-9,14H,10H2,1-5H3,(H,19,22)/t14-/m0/s1. The second-order valence-corrected chi connectivity index (χ2v) is 6.08. The molecule has 0 fully saturated rings. The van der Waals surface area contributed by atoms with E-state index in [0.717, 1.165) is 22.5 Å². The summed E-state index contributed by atoms with van der Waals surface area (Å²) >= 11 is 0. The van der Waals surface area contributed by atoms with Gasteiger partial charge >= 0.3 is 5.97 Å². The van der Waals surface area contributed by atoms with Gasteiger partial charge in [0.1, 0.15) is 6.10 Å². The van der Waals surface area contributed by atoms with Gasteiger partial charge in [-0.3, -0.25) is 4.79 Å². The summed E-state index contributed by atoms with van der Waals surface area (Å²) in [5.74, 6) is -0.660. The topological polar surface area (TPSA) is 73.2 Å². The summed E-state index contributed by atoms with van der Waals surface area (Å²) in [5, 5.41) is 6.98. The van der Waals surface area contributed by atoms with Crippen molar-refractivity contribution in [1.29, 1.82) is 0 Å². The molecule has 0 aliphatic heterocycles. The number of rotatable bonds is 5. The summed E-state index contributed by atoms with van der Waals surface area (Å²) in [6.07, 6.45) is -0.423. The molecule has 0 spiro atoms. The lowest BCUT2D eigenvalue weighted by atomic mass is 10.1. The van der Waals surface area contributed by atoms with E-state index in [2.05, 4.69) is 16.5 Å². The van der Waals surface area contributed by atoms with Crippen LogP contribution in [0.2, 0.25) is 0 Å². The molecule has 1 amide bonds. The normalized spacial score (nSPS) is 11.9. The summed E-state index contributed by atoms with van der Waals surface area (Å²) in [5.41, 5.74) is 4.28. The van der Waals surface area contributed by atoms with Crippen molar-refractivity contribution in [3.63, 3.8) is 0 Å². The minimum absolute atomic E-state index is 0.159. The van der Waals surface area contributed by atoms with Crippen molar-refractivity contribution in [2.24, 2.45) is 0 Å². The van der Waals surface area contributed by atoms with Crippen molar-refractivity contribution in [3.05, 3.63) is 46.8 Å². The lowest BCUT2D eigenvalue weighted by Crippen LogP contribution is -2.31. The van der Waals surface area contributed by atoms with Gasteiger partial charge in [-0.2, -0.15) is 5.10 Å². The molecule has 1 atom stereocenters. The molecule has 0 saturated heterocycles. The Morgan fingerprint density at radius 2 is 1.79 bits per heavy atom. The smallest absolute Gasteiger partial charge is 0.359 e. The maximum atomic E-state index is 12.2. The molecule has 24 heavy (non-hydrogen) atoms. The number of aromatic nitrogens is 2. The van der Waals surface area contributed by atoms with E-state index in [-0.39, 0.29) is 18.1 Å². The predicted molar refractivity (Wildman–Crippen MR) is 91.3 cm³/mol. The highest BCUT2D eigenvalue weighted by molar-refractivity contribution is 5.87. The van der Waals surface area contributed by atoms with E-state index < -0.39 is 12.1 Å². The highest BCUT2D eigenvalue weighted by Crippen LogP contribution is 2.16. The summed E-state index contributed by atoms with van der Waals surface area (Å²) < 4.78 is 7.04. The van der Waals surface area contributed by atoms with Crippen LogP contribution in [0.1, 0.15) is 41.2 Å². The number of carbonyl (C=O) groups excluding carboxylic acids is 2. The van der Waals surface area contributed by atoms with Gasteiger partial charge < -0.3 is 10.1 Å². The molecule has 6 heteroatoms. The van der Waals surface area contributed by atoms with Gasteiger partial charge in [-0.05, 0) is 57.0 Å². The second-order valence-electron chi connectivity index (χ2n) is 6.08. The SMILES string of the molecule is CC(=O)NC[C@H](C)OC(=O)c1cc(C)n(-c2cc(C)cc(C)c2)n1. The maximum absolute atomic E-state index is 12.2. The van der Waals surface area contributed by atoms with Gasteiger partial charge in [-0.25, -0.2) is 9.48 Å². The first-order valence-electron chi connectivity index (χ1n) is 7.87. The molecule has 1 aromatic heterocycles. The van der Waals surface area contributed by atoms with Crippen molar-refractivity contribution in [1.82, 2.24) is 15.1 Å².